The number of ether oxygens (including phenoxy) is 1. The summed E-state index contributed by atoms with van der Waals surface area (Å²) in [4.78, 5) is 12.0. The Bertz CT molecular complexity index is 649. The topological polar surface area (TPSA) is 26.3 Å². The average Bonchev–Trinajstić information content (AvgIpc) is 2.73. The highest BCUT2D eigenvalue weighted by Gasteiger charge is 2.31. The number of benzene rings is 2. The number of fused-ring (bicyclic) bond motifs is 3. The zero-order valence-corrected chi connectivity index (χ0v) is 10.5. The zero-order chi connectivity index (χ0) is 13.4. The molecule has 0 amide bonds. The fourth-order valence-electron chi connectivity index (χ4n) is 2.57. The van der Waals surface area contributed by atoms with Gasteiger partial charge in [0.15, 0.2) is 6.17 Å². The van der Waals surface area contributed by atoms with Crippen molar-refractivity contribution in [3.63, 3.8) is 0 Å². The molecule has 2 aromatic carbocycles. The molecule has 1 aliphatic rings. The molecule has 0 radical (unpaired) electrons. The predicted molar refractivity (Wildman–Crippen MR) is 70.8 cm³/mol. The molecule has 0 saturated heterocycles. The van der Waals surface area contributed by atoms with Crippen LogP contribution in [0.5, 0.6) is 0 Å². The molecule has 0 aromatic heterocycles. The van der Waals surface area contributed by atoms with Gasteiger partial charge in [0.05, 0.1) is 12.2 Å². The van der Waals surface area contributed by atoms with Gasteiger partial charge in [-0.1, -0.05) is 36.4 Å². The van der Waals surface area contributed by atoms with Gasteiger partial charge < -0.3 is 4.74 Å². The summed E-state index contributed by atoms with van der Waals surface area (Å²) in [7, 11) is 0. The van der Waals surface area contributed by atoms with Gasteiger partial charge in [0.2, 0.25) is 0 Å². The van der Waals surface area contributed by atoms with Gasteiger partial charge in [0, 0.05) is 5.56 Å². The Balaban J connectivity index is 2.22. The van der Waals surface area contributed by atoms with Crippen molar-refractivity contribution in [1.29, 1.82) is 0 Å². The molecule has 0 spiro atoms. The summed E-state index contributed by atoms with van der Waals surface area (Å²) < 4.78 is 19.4. The first-order valence-electron chi connectivity index (χ1n) is 6.27. The van der Waals surface area contributed by atoms with Crippen LogP contribution in [0.2, 0.25) is 0 Å². The van der Waals surface area contributed by atoms with Crippen molar-refractivity contribution in [1.82, 2.24) is 0 Å². The Morgan fingerprint density at radius 2 is 1.89 bits per heavy atom. The lowest BCUT2D eigenvalue weighted by molar-refractivity contribution is 0.0527. The van der Waals surface area contributed by atoms with E-state index in [0.717, 1.165) is 5.56 Å². The second-order valence-electron chi connectivity index (χ2n) is 4.44. The van der Waals surface area contributed by atoms with Crippen molar-refractivity contribution in [2.45, 2.75) is 13.1 Å². The molecular formula is C16H13FO2. The molecule has 3 heteroatoms. The standard InChI is InChI=1S/C16H13FO2/c1-2-19-16(18)13-9-5-8-12-14(13)10-6-3-4-7-11(10)15(12)17/h3-9,15H,2H2,1H3. The van der Waals surface area contributed by atoms with Gasteiger partial charge in [-0.05, 0) is 29.7 Å². The van der Waals surface area contributed by atoms with Gasteiger partial charge >= 0.3 is 5.97 Å². The van der Waals surface area contributed by atoms with Crippen molar-refractivity contribution < 1.29 is 13.9 Å². The first kappa shape index (κ1) is 11.9. The highest BCUT2D eigenvalue weighted by molar-refractivity contribution is 6.00. The van der Waals surface area contributed by atoms with E-state index in [1.54, 1.807) is 37.3 Å². The fraction of sp³-hybridized carbons (Fsp3) is 0.188. The van der Waals surface area contributed by atoms with E-state index in [1.807, 2.05) is 12.1 Å². The Hall–Kier alpha value is -2.16. The molecule has 1 aliphatic carbocycles. The Kier molecular flexibility index (Phi) is 2.82. The van der Waals surface area contributed by atoms with Crippen LogP contribution < -0.4 is 0 Å². The highest BCUT2D eigenvalue weighted by Crippen LogP contribution is 2.46. The van der Waals surface area contributed by atoms with Gasteiger partial charge in [0.1, 0.15) is 0 Å². The molecule has 0 heterocycles. The number of carbonyl (C=O) groups excluding carboxylic acids is 1. The smallest absolute Gasteiger partial charge is 0.338 e. The number of hydrogen-bond acceptors (Lipinski definition) is 2. The van der Waals surface area contributed by atoms with Crippen LogP contribution in [0.15, 0.2) is 42.5 Å². The van der Waals surface area contributed by atoms with E-state index in [1.165, 1.54) is 0 Å². The van der Waals surface area contributed by atoms with Crippen molar-refractivity contribution in [3.8, 4) is 11.1 Å². The van der Waals surface area contributed by atoms with E-state index in [-0.39, 0.29) is 0 Å². The van der Waals surface area contributed by atoms with E-state index in [0.29, 0.717) is 28.9 Å². The quantitative estimate of drug-likeness (QED) is 0.762. The molecule has 2 nitrogen and oxygen atoms in total. The number of alkyl halides is 1. The average molecular weight is 256 g/mol. The summed E-state index contributed by atoms with van der Waals surface area (Å²) in [6.07, 6.45) is -1.17. The summed E-state index contributed by atoms with van der Waals surface area (Å²) in [6, 6.07) is 12.4. The molecule has 0 saturated carbocycles. The maximum Gasteiger partial charge on any atom is 0.338 e. The van der Waals surface area contributed by atoms with Crippen LogP contribution in [0.4, 0.5) is 4.39 Å². The lowest BCUT2D eigenvalue weighted by Crippen LogP contribution is -2.06. The van der Waals surface area contributed by atoms with Crippen LogP contribution in [-0.4, -0.2) is 12.6 Å². The van der Waals surface area contributed by atoms with Crippen molar-refractivity contribution in [2.75, 3.05) is 6.61 Å². The molecule has 0 N–H and O–H groups in total. The lowest BCUT2D eigenvalue weighted by Gasteiger charge is -2.08. The third-order valence-corrected chi connectivity index (χ3v) is 3.37. The second-order valence-corrected chi connectivity index (χ2v) is 4.44. The first-order valence-corrected chi connectivity index (χ1v) is 6.27. The minimum Gasteiger partial charge on any atom is -0.462 e. The van der Waals surface area contributed by atoms with Gasteiger partial charge in [0.25, 0.3) is 0 Å². The number of carbonyl (C=O) groups is 1. The van der Waals surface area contributed by atoms with Crippen LogP contribution in [0.25, 0.3) is 11.1 Å². The van der Waals surface area contributed by atoms with Gasteiger partial charge in [-0.25, -0.2) is 9.18 Å². The van der Waals surface area contributed by atoms with Crippen molar-refractivity contribution in [3.05, 3.63) is 59.2 Å². The third kappa shape index (κ3) is 1.73. The molecular weight excluding hydrogens is 243 g/mol. The van der Waals surface area contributed by atoms with Gasteiger partial charge in [-0.3, -0.25) is 0 Å². The maximum absolute atomic E-state index is 14.4. The Labute approximate surface area is 110 Å². The molecule has 19 heavy (non-hydrogen) atoms. The largest absolute Gasteiger partial charge is 0.462 e. The monoisotopic (exact) mass is 256 g/mol. The van der Waals surface area contributed by atoms with E-state index in [2.05, 4.69) is 0 Å². The van der Waals surface area contributed by atoms with Crippen molar-refractivity contribution >= 4 is 5.97 Å². The number of hydrogen-bond donors (Lipinski definition) is 0. The van der Waals surface area contributed by atoms with E-state index < -0.39 is 12.1 Å². The summed E-state index contributed by atoms with van der Waals surface area (Å²) >= 11 is 0. The van der Waals surface area contributed by atoms with E-state index in [4.69, 9.17) is 4.74 Å². The Morgan fingerprint density at radius 3 is 2.68 bits per heavy atom. The second kappa shape index (κ2) is 4.50. The molecule has 0 fully saturated rings. The predicted octanol–water partition coefficient (Wildman–Crippen LogP) is 3.90. The van der Waals surface area contributed by atoms with Crippen LogP contribution in [0.3, 0.4) is 0 Å². The Morgan fingerprint density at radius 1 is 1.16 bits per heavy atom. The molecule has 96 valence electrons. The lowest BCUT2D eigenvalue weighted by atomic mass is 9.99. The minimum absolute atomic E-state index is 0.309. The third-order valence-electron chi connectivity index (χ3n) is 3.37. The molecule has 1 atom stereocenters. The van der Waals surface area contributed by atoms with E-state index >= 15 is 0 Å². The molecule has 3 rings (SSSR count). The van der Waals surface area contributed by atoms with Crippen LogP contribution in [-0.2, 0) is 4.74 Å². The van der Waals surface area contributed by atoms with Crippen LogP contribution in [0, 0.1) is 0 Å². The fourth-order valence-corrected chi connectivity index (χ4v) is 2.57. The SMILES string of the molecule is CCOC(=O)c1cccc2c1-c1ccccc1C2F. The zero-order valence-electron chi connectivity index (χ0n) is 10.5. The number of rotatable bonds is 2. The maximum atomic E-state index is 14.4. The highest BCUT2D eigenvalue weighted by atomic mass is 19.1. The van der Waals surface area contributed by atoms with E-state index in [9.17, 15) is 9.18 Å². The molecule has 0 aliphatic heterocycles. The molecule has 2 aromatic rings. The summed E-state index contributed by atoms with van der Waals surface area (Å²) in [5, 5.41) is 0. The number of esters is 1. The summed E-state index contributed by atoms with van der Waals surface area (Å²) in [6.45, 7) is 2.07. The van der Waals surface area contributed by atoms with Crippen molar-refractivity contribution in [2.24, 2.45) is 0 Å². The number of halogens is 1. The first-order chi connectivity index (χ1) is 9.24. The van der Waals surface area contributed by atoms with Gasteiger partial charge in [-0.15, -0.1) is 0 Å². The van der Waals surface area contributed by atoms with Crippen LogP contribution in [0.1, 0.15) is 34.6 Å². The summed E-state index contributed by atoms with van der Waals surface area (Å²) in [5.41, 5.74) is 3.06. The minimum atomic E-state index is -1.17. The summed E-state index contributed by atoms with van der Waals surface area (Å²) in [5.74, 6) is -0.400. The molecule has 1 unspecified atom stereocenters. The van der Waals surface area contributed by atoms with Crippen LogP contribution >= 0.6 is 0 Å². The van der Waals surface area contributed by atoms with Gasteiger partial charge in [-0.2, -0.15) is 0 Å². The normalized spacial score (nSPS) is 15.8. The molecule has 0 bridgehead atoms.